The lowest BCUT2D eigenvalue weighted by Crippen LogP contribution is -2.17. The first kappa shape index (κ1) is 11.3. The molecule has 0 aliphatic carbocycles. The smallest absolute Gasteiger partial charge is 0.134 e. The Balaban J connectivity index is 2.27. The Kier molecular flexibility index (Phi) is 5.33. The largest absolute Gasteiger partial charge is 0.367 e. The molecule has 0 aliphatic heterocycles. The molecule has 0 saturated carbocycles. The summed E-state index contributed by atoms with van der Waals surface area (Å²) >= 11 is 6.72. The zero-order valence-electron chi connectivity index (χ0n) is 7.90. The number of thiocarbonyl (C=S) groups is 1. The van der Waals surface area contributed by atoms with Crippen molar-refractivity contribution in [1.29, 1.82) is 0 Å². The van der Waals surface area contributed by atoms with Crippen LogP contribution in [0.2, 0.25) is 0 Å². The molecule has 0 amide bonds. The lowest BCUT2D eigenvalue weighted by atomic mass is 10.2. The van der Waals surface area contributed by atoms with Crippen molar-refractivity contribution in [2.75, 3.05) is 5.75 Å². The molecule has 0 radical (unpaired) electrons. The maximum absolute atomic E-state index is 5.12. The summed E-state index contributed by atoms with van der Waals surface area (Å²) in [7, 11) is 0. The monoisotopic (exact) mass is 223 g/mol. The average Bonchev–Trinajstić information content (AvgIpc) is 2.25. The maximum Gasteiger partial charge on any atom is 0.134 e. The lowest BCUT2D eigenvalue weighted by Gasteiger charge is -2.05. The molecule has 0 heterocycles. The molecule has 0 saturated heterocycles. The predicted molar refractivity (Wildman–Crippen MR) is 68.5 cm³/mol. The van der Waals surface area contributed by atoms with Crippen molar-refractivity contribution in [1.82, 2.24) is 5.32 Å². The van der Waals surface area contributed by atoms with Crippen molar-refractivity contribution >= 4 is 28.3 Å². The van der Waals surface area contributed by atoms with Crippen LogP contribution in [0.5, 0.6) is 0 Å². The molecule has 3 heteroatoms. The number of benzene rings is 1. The minimum absolute atomic E-state index is 0.795. The van der Waals surface area contributed by atoms with Crippen LogP contribution in [0.3, 0.4) is 0 Å². The van der Waals surface area contributed by atoms with Gasteiger partial charge in [-0.25, -0.2) is 0 Å². The average molecular weight is 223 g/mol. The third kappa shape index (κ3) is 4.44. The first-order chi connectivity index (χ1) is 6.83. The van der Waals surface area contributed by atoms with Crippen LogP contribution in [0, 0.1) is 0 Å². The number of rotatable bonds is 4. The molecular weight excluding hydrogens is 210 g/mol. The number of thioether (sulfide) groups is 1. The third-order valence-electron chi connectivity index (χ3n) is 1.61. The van der Waals surface area contributed by atoms with E-state index in [0.29, 0.717) is 0 Å². The second-order valence-electron chi connectivity index (χ2n) is 2.73. The summed E-state index contributed by atoms with van der Waals surface area (Å²) in [5.74, 6) is 0.862. The maximum atomic E-state index is 5.12. The van der Waals surface area contributed by atoms with Crippen LogP contribution in [-0.4, -0.2) is 10.1 Å². The van der Waals surface area contributed by atoms with Gasteiger partial charge in [0.25, 0.3) is 0 Å². The first-order valence-corrected chi connectivity index (χ1v) is 5.78. The van der Waals surface area contributed by atoms with Crippen molar-refractivity contribution in [2.24, 2.45) is 0 Å². The van der Waals surface area contributed by atoms with Gasteiger partial charge in [0.05, 0.1) is 0 Å². The van der Waals surface area contributed by atoms with Gasteiger partial charge in [-0.15, -0.1) is 6.58 Å². The highest BCUT2D eigenvalue weighted by molar-refractivity contribution is 8.23. The van der Waals surface area contributed by atoms with Crippen molar-refractivity contribution in [3.8, 4) is 0 Å². The zero-order chi connectivity index (χ0) is 10.2. The lowest BCUT2D eigenvalue weighted by molar-refractivity contribution is 0.940. The fourth-order valence-electron chi connectivity index (χ4n) is 0.956. The van der Waals surface area contributed by atoms with Gasteiger partial charge in [-0.1, -0.05) is 60.4 Å². The van der Waals surface area contributed by atoms with E-state index in [0.717, 1.165) is 16.6 Å². The summed E-state index contributed by atoms with van der Waals surface area (Å²) in [5.41, 5.74) is 1.24. The Morgan fingerprint density at radius 2 is 2.14 bits per heavy atom. The molecule has 14 heavy (non-hydrogen) atoms. The summed E-state index contributed by atoms with van der Waals surface area (Å²) in [6.45, 7) is 4.44. The standard InChI is InChI=1S/C11H13NS2/c1-2-8-14-11(13)12-9-10-6-4-3-5-7-10/h2-7H,1,8-9H2,(H,12,13). The number of nitrogens with one attached hydrogen (secondary N) is 1. The third-order valence-corrected chi connectivity index (χ3v) is 2.92. The van der Waals surface area contributed by atoms with E-state index in [1.807, 2.05) is 24.3 Å². The van der Waals surface area contributed by atoms with Crippen LogP contribution >= 0.6 is 24.0 Å². The first-order valence-electron chi connectivity index (χ1n) is 4.38. The van der Waals surface area contributed by atoms with Gasteiger partial charge in [0.2, 0.25) is 0 Å². The molecule has 0 aromatic heterocycles. The Bertz CT molecular complexity index is 295. The van der Waals surface area contributed by atoms with Crippen LogP contribution in [0.1, 0.15) is 5.56 Å². The van der Waals surface area contributed by atoms with E-state index in [-0.39, 0.29) is 0 Å². The second-order valence-corrected chi connectivity index (χ2v) is 4.42. The van der Waals surface area contributed by atoms with E-state index >= 15 is 0 Å². The van der Waals surface area contributed by atoms with Gasteiger partial charge >= 0.3 is 0 Å². The summed E-state index contributed by atoms with van der Waals surface area (Å²) in [6.07, 6.45) is 1.85. The highest BCUT2D eigenvalue weighted by Crippen LogP contribution is 2.03. The molecule has 0 aliphatic rings. The van der Waals surface area contributed by atoms with Gasteiger partial charge in [0.1, 0.15) is 4.32 Å². The van der Waals surface area contributed by atoms with Crippen molar-refractivity contribution in [2.45, 2.75) is 6.54 Å². The molecule has 0 spiro atoms. The van der Waals surface area contributed by atoms with Crippen LogP contribution in [0.4, 0.5) is 0 Å². The Morgan fingerprint density at radius 1 is 1.43 bits per heavy atom. The minimum Gasteiger partial charge on any atom is -0.367 e. The SMILES string of the molecule is C=CCSC(=S)NCc1ccccc1. The Hall–Kier alpha value is -0.800. The molecule has 0 unspecified atom stereocenters. The topological polar surface area (TPSA) is 12.0 Å². The van der Waals surface area contributed by atoms with E-state index in [1.165, 1.54) is 5.56 Å². The van der Waals surface area contributed by atoms with Crippen LogP contribution in [-0.2, 0) is 6.54 Å². The van der Waals surface area contributed by atoms with Gasteiger partial charge in [-0.05, 0) is 5.56 Å². The normalized spacial score (nSPS) is 9.43. The summed E-state index contributed by atoms with van der Waals surface area (Å²) in [4.78, 5) is 0. The molecular formula is C11H13NS2. The van der Waals surface area contributed by atoms with Gasteiger partial charge in [0, 0.05) is 12.3 Å². The van der Waals surface area contributed by atoms with Gasteiger partial charge < -0.3 is 5.32 Å². The Morgan fingerprint density at radius 3 is 2.79 bits per heavy atom. The van der Waals surface area contributed by atoms with Crippen LogP contribution in [0.25, 0.3) is 0 Å². The van der Waals surface area contributed by atoms with E-state index in [9.17, 15) is 0 Å². The summed E-state index contributed by atoms with van der Waals surface area (Å²) in [6, 6.07) is 10.2. The number of hydrogen-bond acceptors (Lipinski definition) is 2. The van der Waals surface area contributed by atoms with Gasteiger partial charge in [-0.2, -0.15) is 0 Å². The molecule has 1 rings (SSSR count). The van der Waals surface area contributed by atoms with Gasteiger partial charge in [0.15, 0.2) is 0 Å². The second kappa shape index (κ2) is 6.62. The van der Waals surface area contributed by atoms with E-state index in [4.69, 9.17) is 12.2 Å². The molecule has 0 atom stereocenters. The van der Waals surface area contributed by atoms with E-state index in [1.54, 1.807) is 11.8 Å². The highest BCUT2D eigenvalue weighted by atomic mass is 32.2. The zero-order valence-corrected chi connectivity index (χ0v) is 9.53. The van der Waals surface area contributed by atoms with Crippen LogP contribution in [0.15, 0.2) is 43.0 Å². The molecule has 0 fully saturated rings. The molecule has 0 bridgehead atoms. The fourth-order valence-corrected chi connectivity index (χ4v) is 1.68. The highest BCUT2D eigenvalue weighted by Gasteiger charge is 1.95. The summed E-state index contributed by atoms with van der Waals surface area (Å²) < 4.78 is 0.828. The fraction of sp³-hybridized carbons (Fsp3) is 0.182. The molecule has 74 valence electrons. The van der Waals surface area contributed by atoms with Crippen molar-refractivity contribution in [3.05, 3.63) is 48.6 Å². The Labute approximate surface area is 94.6 Å². The minimum atomic E-state index is 0.795. The quantitative estimate of drug-likeness (QED) is 0.622. The molecule has 1 N–H and O–H groups in total. The summed E-state index contributed by atoms with van der Waals surface area (Å²) in [5, 5.41) is 3.18. The van der Waals surface area contributed by atoms with Gasteiger partial charge in [-0.3, -0.25) is 0 Å². The number of hydrogen-bond donors (Lipinski definition) is 1. The predicted octanol–water partition coefficient (Wildman–Crippen LogP) is 2.98. The molecule has 1 aromatic carbocycles. The van der Waals surface area contributed by atoms with E-state index < -0.39 is 0 Å². The van der Waals surface area contributed by atoms with Crippen LogP contribution < -0.4 is 5.32 Å². The van der Waals surface area contributed by atoms with Crippen molar-refractivity contribution in [3.63, 3.8) is 0 Å². The van der Waals surface area contributed by atoms with E-state index in [2.05, 4.69) is 24.0 Å². The van der Waals surface area contributed by atoms with Crippen molar-refractivity contribution < 1.29 is 0 Å². The molecule has 1 nitrogen and oxygen atoms in total. The molecule has 1 aromatic rings.